The van der Waals surface area contributed by atoms with Crippen LogP contribution in [0.4, 0.5) is 17.5 Å². The minimum Gasteiger partial charge on any atom is -0.379 e. The van der Waals surface area contributed by atoms with Gasteiger partial charge in [-0.1, -0.05) is 42.5 Å². The zero-order chi connectivity index (χ0) is 19.9. The summed E-state index contributed by atoms with van der Waals surface area (Å²) in [5.41, 5.74) is 4.13. The molecule has 1 aromatic heterocycles. The van der Waals surface area contributed by atoms with Gasteiger partial charge in [-0.3, -0.25) is 4.90 Å². The molecule has 1 aliphatic heterocycles. The van der Waals surface area contributed by atoms with Gasteiger partial charge in [-0.25, -0.2) is 4.98 Å². The molecule has 0 atom stereocenters. The number of aromatic nitrogens is 2. The number of morpholine rings is 1. The summed E-state index contributed by atoms with van der Waals surface area (Å²) in [4.78, 5) is 11.8. The lowest BCUT2D eigenvalue weighted by atomic mass is 10.1. The zero-order valence-electron chi connectivity index (χ0n) is 16.8. The fourth-order valence-electron chi connectivity index (χ4n) is 3.37. The first kappa shape index (κ1) is 19.4. The summed E-state index contributed by atoms with van der Waals surface area (Å²) in [6.45, 7) is 7.48. The summed E-state index contributed by atoms with van der Waals surface area (Å²) in [6, 6.07) is 20.4. The third-order valence-electron chi connectivity index (χ3n) is 4.91. The molecule has 6 nitrogen and oxygen atoms in total. The first-order chi connectivity index (χ1) is 14.3. The maximum absolute atomic E-state index is 5.42. The van der Waals surface area contributed by atoms with Crippen LogP contribution in [-0.4, -0.2) is 54.3 Å². The van der Waals surface area contributed by atoms with Gasteiger partial charge >= 0.3 is 0 Å². The molecule has 1 aliphatic rings. The van der Waals surface area contributed by atoms with Gasteiger partial charge in [0.2, 0.25) is 5.95 Å². The highest BCUT2D eigenvalue weighted by Gasteiger charge is 2.11. The second-order valence-corrected chi connectivity index (χ2v) is 7.20. The average molecular weight is 390 g/mol. The predicted octanol–water partition coefficient (Wildman–Crippen LogP) is 3.94. The number of nitrogens with zero attached hydrogens (tertiary/aromatic N) is 3. The van der Waals surface area contributed by atoms with Crippen molar-refractivity contribution in [2.45, 2.75) is 6.92 Å². The lowest BCUT2D eigenvalue weighted by molar-refractivity contribution is 0.0398. The summed E-state index contributed by atoms with van der Waals surface area (Å²) >= 11 is 0. The highest BCUT2D eigenvalue weighted by atomic mass is 16.5. The van der Waals surface area contributed by atoms with Gasteiger partial charge in [0.15, 0.2) is 0 Å². The van der Waals surface area contributed by atoms with Crippen LogP contribution in [0.15, 0.2) is 60.7 Å². The van der Waals surface area contributed by atoms with Gasteiger partial charge in [-0.15, -0.1) is 0 Å². The molecule has 0 radical (unpaired) electrons. The lowest BCUT2D eigenvalue weighted by Crippen LogP contribution is -2.39. The molecule has 1 saturated heterocycles. The molecular formula is C23H27N5O. The number of benzene rings is 2. The number of rotatable bonds is 7. The van der Waals surface area contributed by atoms with Gasteiger partial charge in [0.05, 0.1) is 18.9 Å². The predicted molar refractivity (Wildman–Crippen MR) is 118 cm³/mol. The van der Waals surface area contributed by atoms with Crippen LogP contribution in [0.2, 0.25) is 0 Å². The summed E-state index contributed by atoms with van der Waals surface area (Å²) in [5, 5.41) is 6.81. The molecule has 0 aliphatic carbocycles. The third kappa shape index (κ3) is 5.53. The Hall–Kier alpha value is -2.96. The largest absolute Gasteiger partial charge is 0.379 e. The van der Waals surface area contributed by atoms with E-state index in [9.17, 15) is 0 Å². The molecule has 150 valence electrons. The molecule has 6 heteroatoms. The molecule has 1 fully saturated rings. The molecule has 0 amide bonds. The topological polar surface area (TPSA) is 62.3 Å². The van der Waals surface area contributed by atoms with Crippen LogP contribution in [0.1, 0.15) is 5.56 Å². The van der Waals surface area contributed by atoms with Gasteiger partial charge in [0, 0.05) is 43.5 Å². The molecule has 0 unspecified atom stereocenters. The van der Waals surface area contributed by atoms with Crippen LogP contribution in [0, 0.1) is 6.92 Å². The summed E-state index contributed by atoms with van der Waals surface area (Å²) in [6.07, 6.45) is 0. The van der Waals surface area contributed by atoms with E-state index in [4.69, 9.17) is 9.72 Å². The maximum Gasteiger partial charge on any atom is 0.229 e. The SMILES string of the molecule is Cc1cccc(Nc2nc(NCCN3CCOCC3)cc(-c3ccccc3)n2)c1. The van der Waals surface area contributed by atoms with Crippen LogP contribution in [0.3, 0.4) is 0 Å². The Balaban J connectivity index is 1.52. The molecule has 2 heterocycles. The van der Waals surface area contributed by atoms with Crippen molar-refractivity contribution in [2.24, 2.45) is 0 Å². The average Bonchev–Trinajstić information content (AvgIpc) is 2.75. The Morgan fingerprint density at radius 2 is 1.79 bits per heavy atom. The molecule has 0 spiro atoms. The van der Waals surface area contributed by atoms with E-state index in [1.165, 1.54) is 5.56 Å². The summed E-state index contributed by atoms with van der Waals surface area (Å²) in [7, 11) is 0. The van der Waals surface area contributed by atoms with E-state index in [1.807, 2.05) is 36.4 Å². The number of hydrogen-bond donors (Lipinski definition) is 2. The van der Waals surface area contributed by atoms with Crippen molar-refractivity contribution in [3.8, 4) is 11.3 Å². The summed E-state index contributed by atoms with van der Waals surface area (Å²) in [5.74, 6) is 1.41. The highest BCUT2D eigenvalue weighted by Crippen LogP contribution is 2.23. The molecule has 0 saturated carbocycles. The molecule has 3 aromatic rings. The Morgan fingerprint density at radius 3 is 2.59 bits per heavy atom. The van der Waals surface area contributed by atoms with Gasteiger partial charge in [0.1, 0.15) is 5.82 Å². The van der Waals surface area contributed by atoms with E-state index >= 15 is 0 Å². The van der Waals surface area contributed by atoms with Crippen LogP contribution >= 0.6 is 0 Å². The van der Waals surface area contributed by atoms with E-state index in [0.717, 1.165) is 62.2 Å². The number of anilines is 3. The number of nitrogens with one attached hydrogen (secondary N) is 2. The van der Waals surface area contributed by atoms with Crippen LogP contribution in [0.25, 0.3) is 11.3 Å². The van der Waals surface area contributed by atoms with Gasteiger partial charge in [-0.05, 0) is 24.6 Å². The number of aryl methyl sites for hydroxylation is 1. The maximum atomic E-state index is 5.42. The fraction of sp³-hybridized carbons (Fsp3) is 0.304. The van der Waals surface area contributed by atoms with E-state index in [1.54, 1.807) is 0 Å². The van der Waals surface area contributed by atoms with E-state index < -0.39 is 0 Å². The van der Waals surface area contributed by atoms with Gasteiger partial charge in [-0.2, -0.15) is 4.98 Å². The monoisotopic (exact) mass is 389 g/mol. The van der Waals surface area contributed by atoms with Crippen molar-refractivity contribution in [2.75, 3.05) is 50.0 Å². The minimum atomic E-state index is 0.589. The number of hydrogen-bond acceptors (Lipinski definition) is 6. The van der Waals surface area contributed by atoms with E-state index in [0.29, 0.717) is 5.95 Å². The second-order valence-electron chi connectivity index (χ2n) is 7.20. The second kappa shape index (κ2) is 9.49. The normalized spacial score (nSPS) is 14.5. The molecule has 0 bridgehead atoms. The summed E-state index contributed by atoms with van der Waals surface area (Å²) < 4.78 is 5.42. The quantitative estimate of drug-likeness (QED) is 0.638. The van der Waals surface area contributed by atoms with Crippen LogP contribution < -0.4 is 10.6 Å². The molecule has 2 aromatic carbocycles. The molecule has 4 rings (SSSR count). The standard InChI is InChI=1S/C23H27N5O/c1-18-6-5-9-20(16-18)25-23-26-21(19-7-3-2-4-8-19)17-22(27-23)24-10-11-28-12-14-29-15-13-28/h2-9,16-17H,10-15H2,1H3,(H2,24,25,26,27). The first-order valence-electron chi connectivity index (χ1n) is 10.1. The van der Waals surface area contributed by atoms with E-state index in [-0.39, 0.29) is 0 Å². The van der Waals surface area contributed by atoms with Crippen molar-refractivity contribution in [3.63, 3.8) is 0 Å². The lowest BCUT2D eigenvalue weighted by Gasteiger charge is -2.26. The Kier molecular flexibility index (Phi) is 6.34. The minimum absolute atomic E-state index is 0.589. The Morgan fingerprint density at radius 1 is 0.966 bits per heavy atom. The Labute approximate surface area is 172 Å². The fourth-order valence-corrected chi connectivity index (χ4v) is 3.37. The van der Waals surface area contributed by atoms with Crippen LogP contribution in [-0.2, 0) is 4.74 Å². The van der Waals surface area contributed by atoms with Crippen molar-refractivity contribution >= 4 is 17.5 Å². The zero-order valence-corrected chi connectivity index (χ0v) is 16.8. The van der Waals surface area contributed by atoms with E-state index in [2.05, 4.69) is 51.7 Å². The Bertz CT molecular complexity index is 926. The van der Waals surface area contributed by atoms with Crippen molar-refractivity contribution < 1.29 is 4.74 Å². The first-order valence-corrected chi connectivity index (χ1v) is 10.1. The van der Waals surface area contributed by atoms with Gasteiger partial charge in [0.25, 0.3) is 0 Å². The number of ether oxygens (including phenoxy) is 1. The molecular weight excluding hydrogens is 362 g/mol. The van der Waals surface area contributed by atoms with Gasteiger partial charge < -0.3 is 15.4 Å². The third-order valence-corrected chi connectivity index (χ3v) is 4.91. The van der Waals surface area contributed by atoms with Crippen LogP contribution in [0.5, 0.6) is 0 Å². The molecule has 2 N–H and O–H groups in total. The smallest absolute Gasteiger partial charge is 0.229 e. The van der Waals surface area contributed by atoms with Crippen molar-refractivity contribution in [1.82, 2.24) is 14.9 Å². The highest BCUT2D eigenvalue weighted by molar-refractivity contribution is 5.66. The van der Waals surface area contributed by atoms with Crippen molar-refractivity contribution in [1.29, 1.82) is 0 Å². The molecule has 29 heavy (non-hydrogen) atoms. The van der Waals surface area contributed by atoms with Crippen molar-refractivity contribution in [3.05, 3.63) is 66.2 Å².